The van der Waals surface area contributed by atoms with Crippen LogP contribution in [-0.4, -0.2) is 32.9 Å². The molecule has 2 aromatic rings. The van der Waals surface area contributed by atoms with Crippen LogP contribution in [0.1, 0.15) is 43.9 Å². The van der Waals surface area contributed by atoms with E-state index in [1.54, 1.807) is 18.2 Å². The highest BCUT2D eigenvalue weighted by Crippen LogP contribution is 2.59. The SMILES string of the molecule is [C-]#[N+]c1ccc(OC2C(C)(C)C(N3Cc4nc(Cl)cnc4C3=O)C2(C)C)cc1Cl. The van der Waals surface area contributed by atoms with Gasteiger partial charge >= 0.3 is 0 Å². The zero-order valence-electron chi connectivity index (χ0n) is 16.5. The van der Waals surface area contributed by atoms with E-state index in [0.29, 0.717) is 34.4 Å². The third-order valence-electron chi connectivity index (χ3n) is 5.97. The Balaban J connectivity index is 1.60. The first-order chi connectivity index (χ1) is 13.6. The van der Waals surface area contributed by atoms with E-state index in [2.05, 4.69) is 42.5 Å². The van der Waals surface area contributed by atoms with Crippen molar-refractivity contribution < 1.29 is 9.53 Å². The van der Waals surface area contributed by atoms with Gasteiger partial charge in [-0.3, -0.25) is 4.79 Å². The van der Waals surface area contributed by atoms with Gasteiger partial charge in [0.05, 0.1) is 30.0 Å². The van der Waals surface area contributed by atoms with Crippen molar-refractivity contribution in [3.05, 3.63) is 57.4 Å². The summed E-state index contributed by atoms with van der Waals surface area (Å²) in [5.74, 6) is 0.483. The van der Waals surface area contributed by atoms with Crippen molar-refractivity contribution in [1.29, 1.82) is 0 Å². The van der Waals surface area contributed by atoms with Crippen molar-refractivity contribution >= 4 is 34.8 Å². The first-order valence-corrected chi connectivity index (χ1v) is 9.99. The van der Waals surface area contributed by atoms with Gasteiger partial charge in [-0.15, -0.1) is 0 Å². The largest absolute Gasteiger partial charge is 0.489 e. The monoisotopic (exact) mass is 430 g/mol. The van der Waals surface area contributed by atoms with E-state index in [1.807, 2.05) is 4.90 Å². The van der Waals surface area contributed by atoms with Crippen LogP contribution in [0.2, 0.25) is 10.2 Å². The number of nitrogens with zero attached hydrogens (tertiary/aromatic N) is 4. The second-order valence-electron chi connectivity index (χ2n) is 8.69. The van der Waals surface area contributed by atoms with Crippen LogP contribution in [0.15, 0.2) is 24.4 Å². The maximum absolute atomic E-state index is 13.0. The molecule has 0 saturated heterocycles. The lowest BCUT2D eigenvalue weighted by Crippen LogP contribution is -2.74. The average molecular weight is 431 g/mol. The minimum Gasteiger partial charge on any atom is -0.489 e. The fraction of sp³-hybridized carbons (Fsp3) is 0.429. The van der Waals surface area contributed by atoms with Gasteiger partial charge < -0.3 is 9.64 Å². The molecule has 1 aromatic carbocycles. The minimum atomic E-state index is -0.323. The summed E-state index contributed by atoms with van der Waals surface area (Å²) in [4.78, 5) is 26.7. The van der Waals surface area contributed by atoms with Crippen molar-refractivity contribution in [3.63, 3.8) is 0 Å². The summed E-state index contributed by atoms with van der Waals surface area (Å²) in [6.07, 6.45) is 1.25. The summed E-state index contributed by atoms with van der Waals surface area (Å²) >= 11 is 12.1. The van der Waals surface area contributed by atoms with Crippen molar-refractivity contribution in [2.24, 2.45) is 10.8 Å². The molecule has 2 heterocycles. The Morgan fingerprint density at radius 1 is 1.24 bits per heavy atom. The molecule has 2 aliphatic rings. The first-order valence-electron chi connectivity index (χ1n) is 9.23. The zero-order chi connectivity index (χ0) is 21.1. The molecule has 0 spiro atoms. The van der Waals surface area contributed by atoms with E-state index in [-0.39, 0.29) is 34.0 Å². The molecule has 4 rings (SSSR count). The summed E-state index contributed by atoms with van der Waals surface area (Å²) in [5, 5.41) is 0.648. The molecule has 150 valence electrons. The van der Waals surface area contributed by atoms with Gasteiger partial charge in [-0.2, -0.15) is 0 Å². The number of benzene rings is 1. The fourth-order valence-corrected chi connectivity index (χ4v) is 5.64. The first kappa shape index (κ1) is 19.9. The Labute approximate surface area is 179 Å². The van der Waals surface area contributed by atoms with E-state index in [1.165, 1.54) is 6.20 Å². The number of hydrogen-bond donors (Lipinski definition) is 0. The molecule has 29 heavy (non-hydrogen) atoms. The molecule has 0 unspecified atom stereocenters. The third-order valence-corrected chi connectivity index (χ3v) is 6.45. The van der Waals surface area contributed by atoms with Crippen LogP contribution in [0, 0.1) is 17.4 Å². The number of rotatable bonds is 3. The minimum absolute atomic E-state index is 0.0692. The third kappa shape index (κ3) is 2.95. The number of ether oxygens (including phenoxy) is 1. The Morgan fingerprint density at radius 3 is 2.55 bits per heavy atom. The maximum atomic E-state index is 13.0. The number of fused-ring (bicyclic) bond motifs is 1. The number of carbonyl (C=O) groups is 1. The molecule has 1 amide bonds. The van der Waals surface area contributed by atoms with E-state index in [0.717, 1.165) is 0 Å². The van der Waals surface area contributed by atoms with Crippen LogP contribution in [-0.2, 0) is 6.54 Å². The molecule has 6 nitrogen and oxygen atoms in total. The Bertz CT molecular complexity index is 1050. The fourth-order valence-electron chi connectivity index (χ4n) is 5.27. The molecular weight excluding hydrogens is 411 g/mol. The second kappa shape index (κ2) is 6.58. The number of aromatic nitrogens is 2. The highest BCUT2D eigenvalue weighted by Gasteiger charge is 2.67. The van der Waals surface area contributed by atoms with E-state index < -0.39 is 0 Å². The summed E-state index contributed by atoms with van der Waals surface area (Å²) in [6, 6.07) is 5.01. The smallest absolute Gasteiger partial charge is 0.275 e. The average Bonchev–Trinajstić information content (AvgIpc) is 2.94. The second-order valence-corrected chi connectivity index (χ2v) is 9.48. The van der Waals surface area contributed by atoms with Crippen LogP contribution in [0.5, 0.6) is 5.75 Å². The van der Waals surface area contributed by atoms with Crippen LogP contribution in [0.25, 0.3) is 4.85 Å². The zero-order valence-corrected chi connectivity index (χ0v) is 18.0. The van der Waals surface area contributed by atoms with Crippen molar-refractivity contribution in [2.75, 3.05) is 0 Å². The van der Waals surface area contributed by atoms with E-state index in [4.69, 9.17) is 34.5 Å². The van der Waals surface area contributed by atoms with E-state index in [9.17, 15) is 4.79 Å². The lowest BCUT2D eigenvalue weighted by molar-refractivity contribution is -0.199. The molecule has 1 aliphatic carbocycles. The standard InChI is InChI=1S/C21H20Cl2N4O2/c1-20(2)18(27-10-14-16(17(27)28)25-9-15(23)26-14)21(3,4)19(20)29-11-6-7-13(24-5)12(22)8-11/h6-9,18-19H,10H2,1-4H3. The highest BCUT2D eigenvalue weighted by atomic mass is 35.5. The lowest BCUT2D eigenvalue weighted by atomic mass is 9.49. The number of hydrogen-bond acceptors (Lipinski definition) is 4. The maximum Gasteiger partial charge on any atom is 0.275 e. The van der Waals surface area contributed by atoms with Gasteiger partial charge in [0.15, 0.2) is 5.69 Å². The van der Waals surface area contributed by atoms with E-state index >= 15 is 0 Å². The van der Waals surface area contributed by atoms with Gasteiger partial charge in [-0.05, 0) is 12.1 Å². The Hall–Kier alpha value is -2.36. The van der Waals surface area contributed by atoms with Crippen molar-refractivity contribution in [2.45, 2.75) is 46.4 Å². The predicted octanol–water partition coefficient (Wildman–Crippen LogP) is 5.17. The molecule has 0 N–H and O–H groups in total. The molecule has 1 aliphatic heterocycles. The van der Waals surface area contributed by atoms with Crippen LogP contribution in [0.4, 0.5) is 5.69 Å². The number of amides is 1. The van der Waals surface area contributed by atoms with Gasteiger partial charge in [0.2, 0.25) is 5.69 Å². The number of halogens is 2. The van der Waals surface area contributed by atoms with Gasteiger partial charge in [0, 0.05) is 16.9 Å². The predicted molar refractivity (Wildman–Crippen MR) is 110 cm³/mol. The normalized spacial score (nSPS) is 23.9. The molecule has 0 atom stereocenters. The quantitative estimate of drug-likeness (QED) is 0.629. The molecular formula is C21H20Cl2N4O2. The molecule has 1 fully saturated rings. The van der Waals surface area contributed by atoms with Gasteiger partial charge in [0.25, 0.3) is 5.91 Å². The molecule has 1 saturated carbocycles. The van der Waals surface area contributed by atoms with Crippen molar-refractivity contribution in [3.8, 4) is 5.75 Å². The van der Waals surface area contributed by atoms with Crippen molar-refractivity contribution in [1.82, 2.24) is 14.9 Å². The van der Waals surface area contributed by atoms with Crippen LogP contribution >= 0.6 is 23.2 Å². The summed E-state index contributed by atoms with van der Waals surface area (Å²) in [6.45, 7) is 15.9. The Kier molecular flexibility index (Phi) is 4.52. The number of carbonyl (C=O) groups excluding carboxylic acids is 1. The lowest BCUT2D eigenvalue weighted by Gasteiger charge is -2.65. The molecule has 0 bridgehead atoms. The van der Waals surface area contributed by atoms with Crippen LogP contribution < -0.4 is 4.74 Å². The van der Waals surface area contributed by atoms with Gasteiger partial charge in [0.1, 0.15) is 17.0 Å². The van der Waals surface area contributed by atoms with Gasteiger partial charge in [-0.1, -0.05) is 57.0 Å². The topological polar surface area (TPSA) is 59.7 Å². The molecule has 8 heteroatoms. The summed E-state index contributed by atoms with van der Waals surface area (Å²) in [5.41, 5.74) is 0.723. The highest BCUT2D eigenvalue weighted by molar-refractivity contribution is 6.33. The summed E-state index contributed by atoms with van der Waals surface area (Å²) in [7, 11) is 0. The van der Waals surface area contributed by atoms with Gasteiger partial charge in [-0.25, -0.2) is 14.8 Å². The molecule has 0 radical (unpaired) electrons. The summed E-state index contributed by atoms with van der Waals surface area (Å²) < 4.78 is 6.30. The molecule has 1 aromatic heterocycles. The van der Waals surface area contributed by atoms with Crippen LogP contribution in [0.3, 0.4) is 0 Å². The Morgan fingerprint density at radius 2 is 1.93 bits per heavy atom.